The van der Waals surface area contributed by atoms with Gasteiger partial charge in [0.05, 0.1) is 5.69 Å². The Kier molecular flexibility index (Phi) is 6.05. The van der Waals surface area contributed by atoms with Crippen LogP contribution in [0.5, 0.6) is 5.88 Å². The standard InChI is InChI=1S/C16H15IN4O3/c1-10-13(9-18)15(23)21(7-2-8-22)16(24)14(10)20-19-12-5-3-11(17)4-6-12/h3-6,22-23H,2,7-8H2,1H3. The third-order valence-corrected chi connectivity index (χ3v) is 4.12. The van der Waals surface area contributed by atoms with Crippen LogP contribution in [0.1, 0.15) is 17.5 Å². The molecule has 0 aliphatic rings. The van der Waals surface area contributed by atoms with Gasteiger partial charge < -0.3 is 10.2 Å². The summed E-state index contributed by atoms with van der Waals surface area (Å²) in [7, 11) is 0. The van der Waals surface area contributed by atoms with Crippen molar-refractivity contribution < 1.29 is 10.2 Å². The number of halogens is 1. The Morgan fingerprint density at radius 3 is 2.54 bits per heavy atom. The van der Waals surface area contributed by atoms with Crippen LogP contribution in [0.2, 0.25) is 0 Å². The number of aliphatic hydroxyl groups excluding tert-OH is 1. The van der Waals surface area contributed by atoms with E-state index in [9.17, 15) is 15.2 Å². The second kappa shape index (κ2) is 8.03. The maximum atomic E-state index is 12.5. The molecule has 2 N–H and O–H groups in total. The number of hydrogen-bond donors (Lipinski definition) is 2. The molecule has 24 heavy (non-hydrogen) atoms. The van der Waals surface area contributed by atoms with E-state index in [1.807, 2.05) is 18.2 Å². The van der Waals surface area contributed by atoms with Crippen molar-refractivity contribution in [1.82, 2.24) is 4.57 Å². The first kappa shape index (κ1) is 18.1. The number of nitriles is 1. The molecular formula is C16H15IN4O3. The molecule has 7 nitrogen and oxygen atoms in total. The van der Waals surface area contributed by atoms with Crippen LogP contribution in [-0.4, -0.2) is 21.4 Å². The molecule has 0 atom stereocenters. The monoisotopic (exact) mass is 438 g/mol. The minimum absolute atomic E-state index is 0.000778. The van der Waals surface area contributed by atoms with Crippen LogP contribution in [0.25, 0.3) is 0 Å². The van der Waals surface area contributed by atoms with Gasteiger partial charge in [-0.3, -0.25) is 9.36 Å². The Labute approximate surface area is 152 Å². The molecule has 2 rings (SSSR count). The van der Waals surface area contributed by atoms with Gasteiger partial charge in [0.2, 0.25) is 5.88 Å². The molecule has 0 saturated heterocycles. The van der Waals surface area contributed by atoms with Crippen LogP contribution in [0.4, 0.5) is 11.4 Å². The summed E-state index contributed by atoms with van der Waals surface area (Å²) in [6, 6.07) is 9.12. The number of pyridine rings is 1. The fraction of sp³-hybridized carbons (Fsp3) is 0.250. The zero-order chi connectivity index (χ0) is 17.7. The van der Waals surface area contributed by atoms with E-state index < -0.39 is 11.4 Å². The van der Waals surface area contributed by atoms with Gasteiger partial charge in [-0.2, -0.15) is 10.4 Å². The SMILES string of the molecule is Cc1c(C#N)c(O)n(CCCO)c(=O)c1N=Nc1ccc(I)cc1. The molecule has 0 fully saturated rings. The van der Waals surface area contributed by atoms with Crippen LogP contribution < -0.4 is 5.56 Å². The van der Waals surface area contributed by atoms with Crippen molar-refractivity contribution in [3.63, 3.8) is 0 Å². The zero-order valence-corrected chi connectivity index (χ0v) is 15.1. The van der Waals surface area contributed by atoms with Crippen molar-refractivity contribution in [2.45, 2.75) is 19.9 Å². The third-order valence-electron chi connectivity index (χ3n) is 3.40. The van der Waals surface area contributed by atoms with Gasteiger partial charge in [0.25, 0.3) is 5.56 Å². The Morgan fingerprint density at radius 2 is 1.96 bits per heavy atom. The maximum Gasteiger partial charge on any atom is 0.281 e. The predicted octanol–water partition coefficient (Wildman–Crippen LogP) is 3.14. The number of rotatable bonds is 5. The lowest BCUT2D eigenvalue weighted by Crippen LogP contribution is -2.22. The molecule has 0 aliphatic carbocycles. The number of hydrogen-bond acceptors (Lipinski definition) is 6. The van der Waals surface area contributed by atoms with E-state index in [0.29, 0.717) is 5.69 Å². The first-order valence-electron chi connectivity index (χ1n) is 7.14. The van der Waals surface area contributed by atoms with Crippen molar-refractivity contribution in [2.75, 3.05) is 6.61 Å². The van der Waals surface area contributed by atoms with Crippen LogP contribution >= 0.6 is 22.6 Å². The highest BCUT2D eigenvalue weighted by Crippen LogP contribution is 2.27. The van der Waals surface area contributed by atoms with Crippen molar-refractivity contribution >= 4 is 34.0 Å². The Morgan fingerprint density at radius 1 is 1.29 bits per heavy atom. The van der Waals surface area contributed by atoms with E-state index in [0.717, 1.165) is 8.14 Å². The summed E-state index contributed by atoms with van der Waals surface area (Å²) in [6.45, 7) is 1.49. The molecule has 0 saturated carbocycles. The van der Waals surface area contributed by atoms with Gasteiger partial charge in [0.1, 0.15) is 11.6 Å². The Balaban J connectivity index is 2.54. The predicted molar refractivity (Wildman–Crippen MR) is 96.9 cm³/mol. The van der Waals surface area contributed by atoms with Gasteiger partial charge >= 0.3 is 0 Å². The summed E-state index contributed by atoms with van der Waals surface area (Å²) in [5.41, 5.74) is 0.272. The number of aliphatic hydroxyl groups is 1. The molecule has 1 aromatic carbocycles. The summed E-state index contributed by atoms with van der Waals surface area (Å²) >= 11 is 2.17. The lowest BCUT2D eigenvalue weighted by Gasteiger charge is -2.12. The van der Waals surface area contributed by atoms with Crippen molar-refractivity contribution in [2.24, 2.45) is 10.2 Å². The summed E-state index contributed by atoms with van der Waals surface area (Å²) in [6.07, 6.45) is 0.273. The Bertz CT molecular complexity index is 867. The molecule has 124 valence electrons. The van der Waals surface area contributed by atoms with Gasteiger partial charge in [-0.05, 0) is 60.2 Å². The van der Waals surface area contributed by atoms with Crippen LogP contribution in [0.3, 0.4) is 0 Å². The molecule has 0 radical (unpaired) electrons. The van der Waals surface area contributed by atoms with Crippen LogP contribution in [-0.2, 0) is 6.54 Å². The highest BCUT2D eigenvalue weighted by atomic mass is 127. The molecule has 0 aliphatic heterocycles. The summed E-state index contributed by atoms with van der Waals surface area (Å²) < 4.78 is 2.08. The summed E-state index contributed by atoms with van der Waals surface area (Å²) in [5.74, 6) is -0.415. The highest BCUT2D eigenvalue weighted by Gasteiger charge is 2.18. The highest BCUT2D eigenvalue weighted by molar-refractivity contribution is 14.1. The minimum Gasteiger partial charge on any atom is -0.493 e. The van der Waals surface area contributed by atoms with Crippen molar-refractivity contribution in [3.05, 3.63) is 49.3 Å². The zero-order valence-electron chi connectivity index (χ0n) is 12.9. The number of aromatic hydroxyl groups is 1. The molecule has 8 heteroatoms. The first-order chi connectivity index (χ1) is 11.5. The second-order valence-electron chi connectivity index (χ2n) is 4.99. The van der Waals surface area contributed by atoms with Gasteiger partial charge in [-0.1, -0.05) is 0 Å². The van der Waals surface area contributed by atoms with Gasteiger partial charge in [-0.15, -0.1) is 5.11 Å². The maximum absolute atomic E-state index is 12.5. The quantitative estimate of drug-likeness (QED) is 0.552. The molecule has 0 bridgehead atoms. The lowest BCUT2D eigenvalue weighted by atomic mass is 10.1. The van der Waals surface area contributed by atoms with Gasteiger partial charge in [0.15, 0.2) is 5.69 Å². The number of azo groups is 1. The van der Waals surface area contributed by atoms with Crippen LogP contribution in [0, 0.1) is 21.8 Å². The van der Waals surface area contributed by atoms with E-state index in [4.69, 9.17) is 5.11 Å². The van der Waals surface area contributed by atoms with E-state index in [2.05, 4.69) is 32.8 Å². The Hall–Kier alpha value is -2.25. The number of nitrogens with zero attached hydrogens (tertiary/aromatic N) is 4. The van der Waals surface area contributed by atoms with Gasteiger partial charge in [-0.25, -0.2) is 0 Å². The first-order valence-corrected chi connectivity index (χ1v) is 8.22. The molecule has 0 unspecified atom stereocenters. The molecule has 2 aromatic rings. The molecular weight excluding hydrogens is 423 g/mol. The fourth-order valence-electron chi connectivity index (χ4n) is 2.11. The van der Waals surface area contributed by atoms with E-state index >= 15 is 0 Å². The second-order valence-corrected chi connectivity index (χ2v) is 6.24. The van der Waals surface area contributed by atoms with E-state index in [1.165, 1.54) is 0 Å². The largest absolute Gasteiger partial charge is 0.493 e. The average molecular weight is 438 g/mol. The fourth-order valence-corrected chi connectivity index (χ4v) is 2.47. The lowest BCUT2D eigenvalue weighted by molar-refractivity contribution is 0.274. The van der Waals surface area contributed by atoms with Crippen molar-refractivity contribution in [3.8, 4) is 11.9 Å². The minimum atomic E-state index is -0.549. The number of benzene rings is 1. The molecule has 0 amide bonds. The normalized spacial score (nSPS) is 10.9. The third kappa shape index (κ3) is 3.80. The topological polar surface area (TPSA) is 111 Å². The summed E-state index contributed by atoms with van der Waals surface area (Å²) in [5, 5.41) is 36.3. The van der Waals surface area contributed by atoms with E-state index in [-0.39, 0.29) is 36.4 Å². The molecule has 0 spiro atoms. The van der Waals surface area contributed by atoms with Crippen LogP contribution in [0.15, 0.2) is 39.3 Å². The smallest absolute Gasteiger partial charge is 0.281 e. The van der Waals surface area contributed by atoms with Gasteiger partial charge in [0, 0.05) is 22.3 Å². The van der Waals surface area contributed by atoms with E-state index in [1.54, 1.807) is 19.1 Å². The average Bonchev–Trinajstić information content (AvgIpc) is 2.57. The molecule has 1 heterocycles. The van der Waals surface area contributed by atoms with Crippen molar-refractivity contribution in [1.29, 1.82) is 5.26 Å². The summed E-state index contributed by atoms with van der Waals surface area (Å²) in [4.78, 5) is 12.5. The number of aromatic nitrogens is 1. The molecule has 1 aromatic heterocycles.